The number of methoxy groups -OCH3 is 2. The third-order valence-electron chi connectivity index (χ3n) is 4.86. The molecule has 0 atom stereocenters. The summed E-state index contributed by atoms with van der Waals surface area (Å²) in [7, 11) is 5.39. The number of amides is 2. The van der Waals surface area contributed by atoms with Crippen molar-refractivity contribution in [1.82, 2.24) is 9.13 Å². The molecule has 13 nitrogen and oxygen atoms in total. The van der Waals surface area contributed by atoms with Crippen LogP contribution in [0.3, 0.4) is 0 Å². The Hall–Kier alpha value is -4.81. The number of hydrogen-bond acceptors (Lipinski definition) is 9. The van der Waals surface area contributed by atoms with Crippen LogP contribution in [0.5, 0.6) is 11.5 Å². The van der Waals surface area contributed by atoms with Crippen LogP contribution in [0.1, 0.15) is 20.9 Å². The van der Waals surface area contributed by atoms with E-state index in [2.05, 4.69) is 10.6 Å². The molecule has 2 amide bonds. The Kier molecular flexibility index (Phi) is 7.39. The lowest BCUT2D eigenvalue weighted by atomic mass is 10.1. The number of aromatic nitrogens is 2. The molecule has 2 N–H and O–H groups in total. The Bertz CT molecular complexity index is 1390. The zero-order valence-corrected chi connectivity index (χ0v) is 19.2. The van der Waals surface area contributed by atoms with Crippen LogP contribution in [-0.4, -0.2) is 47.7 Å². The minimum Gasteiger partial charge on any atom is -0.493 e. The minimum absolute atomic E-state index is 0.00176. The first-order valence-corrected chi connectivity index (χ1v) is 10.0. The molecule has 3 aromatic rings. The molecule has 13 heteroatoms. The van der Waals surface area contributed by atoms with Gasteiger partial charge in [-0.2, -0.15) is 0 Å². The molecule has 0 saturated carbocycles. The van der Waals surface area contributed by atoms with Crippen molar-refractivity contribution in [3.05, 3.63) is 68.8 Å². The van der Waals surface area contributed by atoms with Crippen LogP contribution in [0.15, 0.2) is 50.6 Å². The number of rotatable bonds is 8. The number of carbonyl (C=O) groups excluding carboxylic acids is 3. The number of anilines is 2. The van der Waals surface area contributed by atoms with Crippen molar-refractivity contribution in [3.63, 3.8) is 0 Å². The second-order valence-corrected chi connectivity index (χ2v) is 7.08. The van der Waals surface area contributed by atoms with E-state index in [1.165, 1.54) is 58.8 Å². The van der Waals surface area contributed by atoms with Crippen LogP contribution in [-0.2, 0) is 23.6 Å². The third-order valence-corrected chi connectivity index (χ3v) is 4.86. The van der Waals surface area contributed by atoms with Gasteiger partial charge in [-0.1, -0.05) is 0 Å². The second-order valence-electron chi connectivity index (χ2n) is 7.08. The lowest BCUT2D eigenvalue weighted by Crippen LogP contribution is -2.38. The first kappa shape index (κ1) is 24.8. The van der Waals surface area contributed by atoms with E-state index in [1.807, 2.05) is 0 Å². The van der Waals surface area contributed by atoms with E-state index in [0.29, 0.717) is 0 Å². The first-order valence-electron chi connectivity index (χ1n) is 10.0. The van der Waals surface area contributed by atoms with Crippen molar-refractivity contribution >= 4 is 29.3 Å². The summed E-state index contributed by atoms with van der Waals surface area (Å²) in [5.74, 6) is -2.08. The van der Waals surface area contributed by atoms with E-state index in [1.54, 1.807) is 0 Å². The summed E-state index contributed by atoms with van der Waals surface area (Å²) in [6.07, 6.45) is 1.32. The number of nitrogens with zero attached hydrogens (tertiary/aromatic N) is 2. The Labute approximate surface area is 197 Å². The van der Waals surface area contributed by atoms with Gasteiger partial charge in [0.2, 0.25) is 0 Å². The Morgan fingerprint density at radius 1 is 0.971 bits per heavy atom. The van der Waals surface area contributed by atoms with Gasteiger partial charge < -0.3 is 29.3 Å². The highest BCUT2D eigenvalue weighted by Crippen LogP contribution is 2.34. The number of ether oxygens (including phenoxy) is 3. The highest BCUT2D eigenvalue weighted by atomic mass is 16.5. The summed E-state index contributed by atoms with van der Waals surface area (Å²) in [6, 6.07) is 6.64. The van der Waals surface area contributed by atoms with Gasteiger partial charge in [0.1, 0.15) is 5.82 Å². The number of furan rings is 1. The number of benzene rings is 1. The van der Waals surface area contributed by atoms with Gasteiger partial charge in [0.25, 0.3) is 17.4 Å². The highest BCUT2D eigenvalue weighted by molar-refractivity contribution is 6.07. The molecule has 0 saturated heterocycles. The third kappa shape index (κ3) is 5.40. The summed E-state index contributed by atoms with van der Waals surface area (Å²) < 4.78 is 22.5. The SMILES string of the molecule is COc1cc(NC(=O)c2ccco2)c(C(=O)OCC(=O)Nc2cc(=O)n(C)c(=O)n2C)cc1OC. The number of nitrogens with one attached hydrogen (secondary N) is 2. The molecule has 0 aliphatic heterocycles. The second kappa shape index (κ2) is 10.4. The summed E-state index contributed by atoms with van der Waals surface area (Å²) >= 11 is 0. The van der Waals surface area contributed by atoms with Crippen molar-refractivity contribution in [1.29, 1.82) is 0 Å². The first-order chi connectivity index (χ1) is 16.7. The van der Waals surface area contributed by atoms with Gasteiger partial charge in [0.05, 0.1) is 31.7 Å². The predicted octanol–water partition coefficient (Wildman–Crippen LogP) is 0.742. The molecule has 35 heavy (non-hydrogen) atoms. The van der Waals surface area contributed by atoms with E-state index in [9.17, 15) is 24.0 Å². The Balaban J connectivity index is 1.80. The van der Waals surface area contributed by atoms with Crippen LogP contribution in [0.2, 0.25) is 0 Å². The molecule has 0 aliphatic carbocycles. The minimum atomic E-state index is -0.964. The molecule has 0 aliphatic rings. The number of carbonyl (C=O) groups is 3. The molecule has 0 fully saturated rings. The maximum Gasteiger partial charge on any atom is 0.340 e. The molecule has 1 aromatic carbocycles. The lowest BCUT2D eigenvalue weighted by molar-refractivity contribution is -0.119. The maximum absolute atomic E-state index is 12.8. The normalized spacial score (nSPS) is 10.4. The zero-order valence-electron chi connectivity index (χ0n) is 19.2. The van der Waals surface area contributed by atoms with Gasteiger partial charge >= 0.3 is 11.7 Å². The molecule has 0 bridgehead atoms. The topological polar surface area (TPSA) is 160 Å². The Morgan fingerprint density at radius 2 is 1.66 bits per heavy atom. The monoisotopic (exact) mass is 486 g/mol. The van der Waals surface area contributed by atoms with Crippen molar-refractivity contribution in [3.8, 4) is 11.5 Å². The summed E-state index contributed by atoms with van der Waals surface area (Å²) in [4.78, 5) is 61.4. The van der Waals surface area contributed by atoms with Crippen LogP contribution < -0.4 is 31.4 Å². The van der Waals surface area contributed by atoms with Gasteiger partial charge in [-0.05, 0) is 12.1 Å². The van der Waals surface area contributed by atoms with Crippen LogP contribution in [0, 0.1) is 0 Å². The van der Waals surface area contributed by atoms with E-state index < -0.39 is 35.6 Å². The average molecular weight is 486 g/mol. The van der Waals surface area contributed by atoms with Gasteiger partial charge in [0.15, 0.2) is 23.9 Å². The van der Waals surface area contributed by atoms with Gasteiger partial charge in [0, 0.05) is 32.3 Å². The molecule has 2 aromatic heterocycles. The molecule has 184 valence electrons. The van der Waals surface area contributed by atoms with Crippen molar-refractivity contribution < 1.29 is 33.0 Å². The average Bonchev–Trinajstić information content (AvgIpc) is 3.39. The summed E-state index contributed by atoms with van der Waals surface area (Å²) in [5, 5.41) is 4.87. The van der Waals surface area contributed by atoms with E-state index in [0.717, 1.165) is 15.2 Å². The van der Waals surface area contributed by atoms with E-state index >= 15 is 0 Å². The fraction of sp³-hybridized carbons (Fsp3) is 0.227. The van der Waals surface area contributed by atoms with Crippen LogP contribution in [0.4, 0.5) is 11.5 Å². The van der Waals surface area contributed by atoms with E-state index in [-0.39, 0.29) is 34.3 Å². The van der Waals surface area contributed by atoms with Crippen LogP contribution >= 0.6 is 0 Å². The number of hydrogen-bond donors (Lipinski definition) is 2. The van der Waals surface area contributed by atoms with Gasteiger partial charge in [-0.25, -0.2) is 9.59 Å². The van der Waals surface area contributed by atoms with E-state index in [4.69, 9.17) is 18.6 Å². The fourth-order valence-electron chi connectivity index (χ4n) is 2.98. The standard InChI is InChI=1S/C22H22N4O9/c1-25-17(10-19(28)26(2)22(25)31)24-18(27)11-35-21(30)12-8-15(32-3)16(33-4)9-13(12)23-20(29)14-6-5-7-34-14/h5-10H,11H2,1-4H3,(H,23,29)(H,24,27). The van der Waals surface area contributed by atoms with Crippen molar-refractivity contribution in [2.75, 3.05) is 31.5 Å². The molecule has 0 unspecified atom stereocenters. The molecule has 0 radical (unpaired) electrons. The summed E-state index contributed by atoms with van der Waals surface area (Å²) in [6.45, 7) is -0.748. The lowest BCUT2D eigenvalue weighted by Gasteiger charge is -2.15. The zero-order chi connectivity index (χ0) is 25.7. The molecule has 3 rings (SSSR count). The molecular weight excluding hydrogens is 464 g/mol. The highest BCUT2D eigenvalue weighted by Gasteiger charge is 2.22. The fourth-order valence-corrected chi connectivity index (χ4v) is 2.98. The van der Waals surface area contributed by atoms with Gasteiger partial charge in [-0.15, -0.1) is 0 Å². The Morgan fingerprint density at radius 3 is 2.29 bits per heavy atom. The smallest absolute Gasteiger partial charge is 0.340 e. The van der Waals surface area contributed by atoms with Crippen molar-refractivity contribution in [2.24, 2.45) is 14.1 Å². The van der Waals surface area contributed by atoms with Crippen molar-refractivity contribution in [2.45, 2.75) is 0 Å². The molecule has 0 spiro atoms. The largest absolute Gasteiger partial charge is 0.493 e. The molecular formula is C22H22N4O9. The number of esters is 1. The maximum atomic E-state index is 12.8. The van der Waals surface area contributed by atoms with Gasteiger partial charge in [-0.3, -0.25) is 23.5 Å². The quantitative estimate of drug-likeness (QED) is 0.438. The predicted molar refractivity (Wildman–Crippen MR) is 122 cm³/mol. The van der Waals surface area contributed by atoms with Crippen LogP contribution in [0.25, 0.3) is 0 Å². The summed E-state index contributed by atoms with van der Waals surface area (Å²) in [5.41, 5.74) is -1.38. The molecule has 2 heterocycles.